The number of rotatable bonds is 3. The normalized spacial score (nSPS) is 11.3. The summed E-state index contributed by atoms with van der Waals surface area (Å²) in [7, 11) is -2.13. The zero-order chi connectivity index (χ0) is 14.0. The Balaban J connectivity index is 2.42. The number of nitrogens with zero attached hydrogens (tertiary/aromatic N) is 1. The van der Waals surface area contributed by atoms with Crippen LogP contribution in [0.2, 0.25) is 0 Å². The van der Waals surface area contributed by atoms with Crippen LogP contribution in [-0.2, 0) is 10.0 Å². The molecule has 1 N–H and O–H groups in total. The maximum absolute atomic E-state index is 12.4. The van der Waals surface area contributed by atoms with Gasteiger partial charge >= 0.3 is 0 Å². The van der Waals surface area contributed by atoms with Crippen molar-refractivity contribution in [3.8, 4) is 5.75 Å². The molecule has 2 aromatic rings. The van der Waals surface area contributed by atoms with Crippen molar-refractivity contribution in [2.75, 3.05) is 11.4 Å². The van der Waals surface area contributed by atoms with E-state index in [0.29, 0.717) is 10.2 Å². The summed E-state index contributed by atoms with van der Waals surface area (Å²) in [5.74, 6) is 0.0944. The van der Waals surface area contributed by atoms with Crippen molar-refractivity contribution in [3.63, 3.8) is 0 Å². The maximum Gasteiger partial charge on any atom is 0.264 e. The summed E-state index contributed by atoms with van der Waals surface area (Å²) >= 11 is 3.25. The molecule has 0 aliphatic heterocycles. The van der Waals surface area contributed by atoms with Gasteiger partial charge in [-0.1, -0.05) is 22.0 Å². The lowest BCUT2D eigenvalue weighted by Crippen LogP contribution is -2.26. The second-order valence-electron chi connectivity index (χ2n) is 3.95. The molecule has 0 amide bonds. The van der Waals surface area contributed by atoms with E-state index in [4.69, 9.17) is 0 Å². The Morgan fingerprint density at radius 3 is 2.32 bits per heavy atom. The smallest absolute Gasteiger partial charge is 0.264 e. The third kappa shape index (κ3) is 2.90. The van der Waals surface area contributed by atoms with Crippen molar-refractivity contribution in [1.82, 2.24) is 0 Å². The van der Waals surface area contributed by atoms with Gasteiger partial charge < -0.3 is 5.11 Å². The molecule has 2 aromatic carbocycles. The molecule has 2 rings (SSSR count). The molecule has 0 heterocycles. The lowest BCUT2D eigenvalue weighted by molar-refractivity contribution is 0.475. The number of anilines is 1. The van der Waals surface area contributed by atoms with Crippen LogP contribution >= 0.6 is 15.9 Å². The molecule has 0 radical (unpaired) electrons. The molecule has 0 saturated carbocycles. The third-order valence-electron chi connectivity index (χ3n) is 2.67. The Hall–Kier alpha value is -1.53. The van der Waals surface area contributed by atoms with Crippen LogP contribution in [0.3, 0.4) is 0 Å². The molecule has 6 heteroatoms. The van der Waals surface area contributed by atoms with Crippen molar-refractivity contribution in [2.45, 2.75) is 4.90 Å². The molecule has 19 heavy (non-hydrogen) atoms. The number of hydrogen-bond donors (Lipinski definition) is 1. The van der Waals surface area contributed by atoms with Gasteiger partial charge in [0.15, 0.2) is 0 Å². The van der Waals surface area contributed by atoms with Crippen LogP contribution in [0, 0.1) is 0 Å². The van der Waals surface area contributed by atoms with Gasteiger partial charge in [-0.05, 0) is 42.5 Å². The van der Waals surface area contributed by atoms with E-state index in [1.165, 1.54) is 29.6 Å². The van der Waals surface area contributed by atoms with Gasteiger partial charge in [0.25, 0.3) is 10.0 Å². The molecule has 0 spiro atoms. The number of sulfonamides is 1. The van der Waals surface area contributed by atoms with Gasteiger partial charge in [-0.15, -0.1) is 0 Å². The molecule has 0 aromatic heterocycles. The first-order valence-corrected chi connectivity index (χ1v) is 7.68. The van der Waals surface area contributed by atoms with Gasteiger partial charge in [0, 0.05) is 11.5 Å². The third-order valence-corrected chi connectivity index (χ3v) is 4.94. The first-order valence-electron chi connectivity index (χ1n) is 5.45. The highest BCUT2D eigenvalue weighted by atomic mass is 79.9. The summed E-state index contributed by atoms with van der Waals surface area (Å²) in [5, 5.41) is 9.22. The predicted octanol–water partition coefficient (Wildman–Crippen LogP) is 2.98. The van der Waals surface area contributed by atoms with Crippen molar-refractivity contribution >= 4 is 31.6 Å². The Morgan fingerprint density at radius 2 is 1.74 bits per heavy atom. The Labute approximate surface area is 120 Å². The lowest BCUT2D eigenvalue weighted by Gasteiger charge is -2.19. The predicted molar refractivity (Wildman–Crippen MR) is 77.8 cm³/mol. The molecule has 0 fully saturated rings. The molecular weight excluding hydrogens is 330 g/mol. The first kappa shape index (κ1) is 13.9. The van der Waals surface area contributed by atoms with Crippen molar-refractivity contribution in [2.24, 2.45) is 0 Å². The van der Waals surface area contributed by atoms with Crippen LogP contribution in [0.15, 0.2) is 57.9 Å². The van der Waals surface area contributed by atoms with Crippen LogP contribution in [0.4, 0.5) is 5.69 Å². The zero-order valence-electron chi connectivity index (χ0n) is 10.1. The fraction of sp³-hybridized carbons (Fsp3) is 0.0769. The molecule has 4 nitrogen and oxygen atoms in total. The highest BCUT2D eigenvalue weighted by Crippen LogP contribution is 2.25. The van der Waals surface area contributed by atoms with E-state index in [-0.39, 0.29) is 10.6 Å². The van der Waals surface area contributed by atoms with Crippen molar-refractivity contribution in [1.29, 1.82) is 0 Å². The minimum absolute atomic E-state index is 0.0944. The second-order valence-corrected chi connectivity index (χ2v) is 6.83. The van der Waals surface area contributed by atoms with E-state index in [1.807, 2.05) is 0 Å². The van der Waals surface area contributed by atoms with Gasteiger partial charge in [0.2, 0.25) is 0 Å². The van der Waals surface area contributed by atoms with E-state index in [0.717, 1.165) is 0 Å². The van der Waals surface area contributed by atoms with E-state index >= 15 is 0 Å². The van der Waals surface area contributed by atoms with Crippen molar-refractivity contribution < 1.29 is 13.5 Å². The minimum atomic E-state index is -3.61. The van der Waals surface area contributed by atoms with Gasteiger partial charge in [-0.25, -0.2) is 8.42 Å². The molecule has 0 aliphatic carbocycles. The summed E-state index contributed by atoms with van der Waals surface area (Å²) in [5.41, 5.74) is 0.484. The molecule has 0 aliphatic rings. The minimum Gasteiger partial charge on any atom is -0.508 e. The van der Waals surface area contributed by atoms with Crippen LogP contribution in [0.1, 0.15) is 0 Å². The molecular formula is C13H12BrNO3S. The topological polar surface area (TPSA) is 57.6 Å². The number of phenolic OH excluding ortho intramolecular Hbond substituents is 1. The molecule has 0 atom stereocenters. The Morgan fingerprint density at radius 1 is 1.11 bits per heavy atom. The molecule has 0 saturated heterocycles. The summed E-state index contributed by atoms with van der Waals surface area (Å²) < 4.78 is 26.7. The Bertz CT molecular complexity index is 683. The van der Waals surface area contributed by atoms with Crippen LogP contribution in [0.25, 0.3) is 0 Å². The van der Waals surface area contributed by atoms with E-state index in [2.05, 4.69) is 15.9 Å². The van der Waals surface area contributed by atoms with Gasteiger partial charge in [-0.2, -0.15) is 0 Å². The molecule has 0 unspecified atom stereocenters. The second kappa shape index (κ2) is 5.22. The van der Waals surface area contributed by atoms with Crippen LogP contribution in [-0.4, -0.2) is 20.6 Å². The van der Waals surface area contributed by atoms with E-state index in [1.54, 1.807) is 30.3 Å². The number of phenols is 1. The van der Waals surface area contributed by atoms with Crippen LogP contribution < -0.4 is 4.31 Å². The average molecular weight is 342 g/mol. The fourth-order valence-corrected chi connectivity index (χ4v) is 3.38. The lowest BCUT2D eigenvalue weighted by atomic mass is 10.3. The van der Waals surface area contributed by atoms with Gasteiger partial charge in [0.1, 0.15) is 5.75 Å². The molecule has 0 bridgehead atoms. The number of hydrogen-bond acceptors (Lipinski definition) is 3. The van der Waals surface area contributed by atoms with Crippen molar-refractivity contribution in [3.05, 3.63) is 53.0 Å². The Kier molecular flexibility index (Phi) is 3.82. The summed E-state index contributed by atoms with van der Waals surface area (Å²) in [6, 6.07) is 12.5. The van der Waals surface area contributed by atoms with Gasteiger partial charge in [0.05, 0.1) is 10.6 Å². The van der Waals surface area contributed by atoms with E-state index in [9.17, 15) is 13.5 Å². The maximum atomic E-state index is 12.4. The zero-order valence-corrected chi connectivity index (χ0v) is 12.5. The highest BCUT2D eigenvalue weighted by Gasteiger charge is 2.21. The standard InChI is InChI=1S/C13H12BrNO3S/c1-15(11-5-7-12(16)8-6-11)19(17,18)13-4-2-3-10(14)9-13/h2-9,16H,1H3. The van der Waals surface area contributed by atoms with E-state index < -0.39 is 10.0 Å². The summed E-state index contributed by atoms with van der Waals surface area (Å²) in [6.45, 7) is 0. The number of halogens is 1. The monoisotopic (exact) mass is 341 g/mol. The van der Waals surface area contributed by atoms with Crippen LogP contribution in [0.5, 0.6) is 5.75 Å². The quantitative estimate of drug-likeness (QED) is 0.933. The fourth-order valence-electron chi connectivity index (χ4n) is 1.59. The first-order chi connectivity index (χ1) is 8.91. The van der Waals surface area contributed by atoms with Gasteiger partial charge in [-0.3, -0.25) is 4.31 Å². The largest absolute Gasteiger partial charge is 0.508 e. The molecule has 100 valence electrons. The number of benzene rings is 2. The number of aromatic hydroxyl groups is 1. The summed E-state index contributed by atoms with van der Waals surface area (Å²) in [4.78, 5) is 0.206. The SMILES string of the molecule is CN(c1ccc(O)cc1)S(=O)(=O)c1cccc(Br)c1. The average Bonchev–Trinajstić information content (AvgIpc) is 2.39. The summed E-state index contributed by atoms with van der Waals surface area (Å²) in [6.07, 6.45) is 0. The highest BCUT2D eigenvalue weighted by molar-refractivity contribution is 9.10.